The van der Waals surface area contributed by atoms with Gasteiger partial charge in [0.25, 0.3) is 0 Å². The maximum Gasteiger partial charge on any atom is 0.0596 e. The van der Waals surface area contributed by atoms with E-state index in [2.05, 4.69) is 70.5 Å². The highest BCUT2D eigenvalue weighted by Gasteiger charge is 2.13. The molecule has 1 unspecified atom stereocenters. The Kier molecular flexibility index (Phi) is 6.00. The van der Waals surface area contributed by atoms with Gasteiger partial charge in [-0.2, -0.15) is 5.10 Å². The SMILES string of the molecule is CCNCC(Cc1cccc(Br)c1)Cc1cc(C)nn1C. The van der Waals surface area contributed by atoms with Crippen molar-refractivity contribution in [3.05, 3.63) is 51.8 Å². The lowest BCUT2D eigenvalue weighted by molar-refractivity contribution is 0.464. The molecule has 1 aromatic carbocycles. The summed E-state index contributed by atoms with van der Waals surface area (Å²) < 4.78 is 3.16. The van der Waals surface area contributed by atoms with Crippen LogP contribution < -0.4 is 5.32 Å². The van der Waals surface area contributed by atoms with E-state index in [0.29, 0.717) is 5.92 Å². The van der Waals surface area contributed by atoms with Crippen molar-refractivity contribution in [2.45, 2.75) is 26.7 Å². The molecule has 1 aromatic heterocycles. The summed E-state index contributed by atoms with van der Waals surface area (Å²) in [6.45, 7) is 6.26. The monoisotopic (exact) mass is 349 g/mol. The Morgan fingerprint density at radius 2 is 2.10 bits per heavy atom. The van der Waals surface area contributed by atoms with Gasteiger partial charge in [-0.25, -0.2) is 0 Å². The van der Waals surface area contributed by atoms with Gasteiger partial charge in [-0.05, 0) is 62.5 Å². The van der Waals surface area contributed by atoms with Crippen LogP contribution in [0.5, 0.6) is 0 Å². The van der Waals surface area contributed by atoms with E-state index in [1.165, 1.54) is 11.3 Å². The lowest BCUT2D eigenvalue weighted by atomic mass is 9.94. The van der Waals surface area contributed by atoms with Crippen LogP contribution in [0.25, 0.3) is 0 Å². The average Bonchev–Trinajstić information content (AvgIpc) is 2.74. The Bertz CT molecular complexity index is 577. The van der Waals surface area contributed by atoms with Gasteiger partial charge in [0.15, 0.2) is 0 Å². The van der Waals surface area contributed by atoms with E-state index in [4.69, 9.17) is 0 Å². The molecular weight excluding hydrogens is 326 g/mol. The van der Waals surface area contributed by atoms with Crippen LogP contribution in [0.4, 0.5) is 0 Å². The van der Waals surface area contributed by atoms with E-state index in [9.17, 15) is 0 Å². The number of benzene rings is 1. The molecule has 2 rings (SSSR count). The van der Waals surface area contributed by atoms with Crippen molar-refractivity contribution in [2.24, 2.45) is 13.0 Å². The first-order valence-corrected chi connectivity index (χ1v) is 8.32. The highest BCUT2D eigenvalue weighted by molar-refractivity contribution is 9.10. The molecule has 1 heterocycles. The van der Waals surface area contributed by atoms with Gasteiger partial charge in [-0.3, -0.25) is 4.68 Å². The number of rotatable bonds is 7. The average molecular weight is 350 g/mol. The van der Waals surface area contributed by atoms with Crippen LogP contribution in [-0.4, -0.2) is 22.9 Å². The predicted octanol–water partition coefficient (Wildman–Crippen LogP) is 3.50. The predicted molar refractivity (Wildman–Crippen MR) is 91.5 cm³/mol. The first-order valence-electron chi connectivity index (χ1n) is 7.53. The molecule has 0 bridgehead atoms. The fourth-order valence-electron chi connectivity index (χ4n) is 2.71. The van der Waals surface area contributed by atoms with Crippen molar-refractivity contribution in [3.63, 3.8) is 0 Å². The Morgan fingerprint density at radius 3 is 2.71 bits per heavy atom. The molecule has 114 valence electrons. The number of aryl methyl sites for hydroxylation is 2. The number of nitrogens with zero attached hydrogens (tertiary/aromatic N) is 2. The fraction of sp³-hybridized carbons (Fsp3) is 0.471. The molecular formula is C17H24BrN3. The maximum absolute atomic E-state index is 4.45. The molecule has 21 heavy (non-hydrogen) atoms. The van der Waals surface area contributed by atoms with Crippen molar-refractivity contribution in [3.8, 4) is 0 Å². The summed E-state index contributed by atoms with van der Waals surface area (Å²) in [5, 5.41) is 7.94. The normalized spacial score (nSPS) is 12.6. The van der Waals surface area contributed by atoms with Crippen molar-refractivity contribution in [2.75, 3.05) is 13.1 Å². The minimum absolute atomic E-state index is 0.578. The van der Waals surface area contributed by atoms with Crippen LogP contribution in [0.15, 0.2) is 34.8 Å². The van der Waals surface area contributed by atoms with Gasteiger partial charge in [0.2, 0.25) is 0 Å². The zero-order chi connectivity index (χ0) is 15.2. The van der Waals surface area contributed by atoms with Gasteiger partial charge in [0.1, 0.15) is 0 Å². The largest absolute Gasteiger partial charge is 0.317 e. The third-order valence-electron chi connectivity index (χ3n) is 3.69. The number of hydrogen-bond donors (Lipinski definition) is 1. The minimum Gasteiger partial charge on any atom is -0.317 e. The van der Waals surface area contributed by atoms with Crippen LogP contribution in [0.1, 0.15) is 23.9 Å². The van der Waals surface area contributed by atoms with Crippen LogP contribution >= 0.6 is 15.9 Å². The van der Waals surface area contributed by atoms with Gasteiger partial charge in [-0.1, -0.05) is 35.0 Å². The minimum atomic E-state index is 0.578. The number of aromatic nitrogens is 2. The summed E-state index contributed by atoms with van der Waals surface area (Å²) in [6.07, 6.45) is 2.13. The summed E-state index contributed by atoms with van der Waals surface area (Å²) in [4.78, 5) is 0. The van der Waals surface area contributed by atoms with Crippen LogP contribution in [-0.2, 0) is 19.9 Å². The van der Waals surface area contributed by atoms with Crippen LogP contribution in [0.3, 0.4) is 0 Å². The third-order valence-corrected chi connectivity index (χ3v) is 4.19. The Morgan fingerprint density at radius 1 is 1.29 bits per heavy atom. The molecule has 0 fully saturated rings. The fourth-order valence-corrected chi connectivity index (χ4v) is 3.16. The second-order valence-corrected chi connectivity index (χ2v) is 6.53. The van der Waals surface area contributed by atoms with Crippen LogP contribution in [0, 0.1) is 12.8 Å². The summed E-state index contributed by atoms with van der Waals surface area (Å²) in [6, 6.07) is 10.8. The molecule has 1 atom stereocenters. The van der Waals surface area contributed by atoms with Crippen molar-refractivity contribution >= 4 is 15.9 Å². The zero-order valence-electron chi connectivity index (χ0n) is 13.1. The summed E-state index contributed by atoms with van der Waals surface area (Å²) in [5.74, 6) is 0.578. The molecule has 3 nitrogen and oxygen atoms in total. The van der Waals surface area contributed by atoms with E-state index in [0.717, 1.165) is 36.1 Å². The maximum atomic E-state index is 4.45. The van der Waals surface area contributed by atoms with E-state index in [1.54, 1.807) is 0 Å². The van der Waals surface area contributed by atoms with Gasteiger partial charge in [0.05, 0.1) is 5.69 Å². The van der Waals surface area contributed by atoms with Gasteiger partial charge < -0.3 is 5.32 Å². The second kappa shape index (κ2) is 7.76. The lowest BCUT2D eigenvalue weighted by Gasteiger charge is -2.18. The molecule has 0 saturated carbocycles. The van der Waals surface area contributed by atoms with Gasteiger partial charge in [-0.15, -0.1) is 0 Å². The Labute approximate surface area is 135 Å². The lowest BCUT2D eigenvalue weighted by Crippen LogP contribution is -2.26. The molecule has 0 aliphatic heterocycles. The smallest absolute Gasteiger partial charge is 0.0596 e. The highest BCUT2D eigenvalue weighted by Crippen LogP contribution is 2.18. The molecule has 0 radical (unpaired) electrons. The van der Waals surface area contributed by atoms with Crippen molar-refractivity contribution < 1.29 is 0 Å². The molecule has 0 amide bonds. The van der Waals surface area contributed by atoms with Crippen molar-refractivity contribution in [1.29, 1.82) is 0 Å². The van der Waals surface area contributed by atoms with E-state index < -0.39 is 0 Å². The summed E-state index contributed by atoms with van der Waals surface area (Å²) in [7, 11) is 2.03. The quantitative estimate of drug-likeness (QED) is 0.828. The topological polar surface area (TPSA) is 29.9 Å². The first-order chi connectivity index (χ1) is 10.1. The van der Waals surface area contributed by atoms with E-state index in [1.807, 2.05) is 11.7 Å². The molecule has 0 saturated heterocycles. The second-order valence-electron chi connectivity index (χ2n) is 5.61. The third kappa shape index (κ3) is 4.97. The summed E-state index contributed by atoms with van der Waals surface area (Å²) in [5.41, 5.74) is 3.79. The first kappa shape index (κ1) is 16.2. The van der Waals surface area contributed by atoms with Gasteiger partial charge in [0, 0.05) is 17.2 Å². The number of nitrogens with one attached hydrogen (secondary N) is 1. The molecule has 1 N–H and O–H groups in total. The van der Waals surface area contributed by atoms with Crippen molar-refractivity contribution in [1.82, 2.24) is 15.1 Å². The standard InChI is InChI=1S/C17H24BrN3/c1-4-19-12-15(9-14-6-5-7-16(18)10-14)11-17-8-13(2)20-21(17)3/h5-8,10,15,19H,4,9,11-12H2,1-3H3. The highest BCUT2D eigenvalue weighted by atomic mass is 79.9. The summed E-state index contributed by atoms with van der Waals surface area (Å²) >= 11 is 3.56. The molecule has 0 aliphatic rings. The molecule has 0 spiro atoms. The number of halogens is 1. The Hall–Kier alpha value is -1.13. The van der Waals surface area contributed by atoms with E-state index >= 15 is 0 Å². The molecule has 2 aromatic rings. The number of hydrogen-bond acceptors (Lipinski definition) is 2. The van der Waals surface area contributed by atoms with Crippen LogP contribution in [0.2, 0.25) is 0 Å². The molecule has 0 aliphatic carbocycles. The molecule has 4 heteroatoms. The van der Waals surface area contributed by atoms with Gasteiger partial charge >= 0.3 is 0 Å². The zero-order valence-corrected chi connectivity index (χ0v) is 14.7. The van der Waals surface area contributed by atoms with E-state index in [-0.39, 0.29) is 0 Å². The Balaban J connectivity index is 2.08.